The molecule has 0 fully saturated rings. The Labute approximate surface area is 194 Å². The molecule has 0 spiro atoms. The number of amides is 2. The number of nitrogens with one attached hydrogen (secondary N) is 1. The Morgan fingerprint density at radius 3 is 2.35 bits per heavy atom. The maximum Gasteiger partial charge on any atom is 0.242 e. The van der Waals surface area contributed by atoms with E-state index < -0.39 is 6.04 Å². The number of carbonyl (C=O) groups excluding carboxylic acids is 2. The summed E-state index contributed by atoms with van der Waals surface area (Å²) in [7, 11) is 0. The average Bonchev–Trinajstić information content (AvgIpc) is 2.75. The van der Waals surface area contributed by atoms with Crippen LogP contribution in [0.15, 0.2) is 42.5 Å². The first-order valence-corrected chi connectivity index (χ1v) is 11.3. The van der Waals surface area contributed by atoms with Crippen LogP contribution >= 0.6 is 23.2 Å². The average molecular weight is 465 g/mol. The van der Waals surface area contributed by atoms with Crippen LogP contribution in [0.4, 0.5) is 0 Å². The maximum absolute atomic E-state index is 13.1. The molecule has 1 N–H and O–H groups in total. The summed E-state index contributed by atoms with van der Waals surface area (Å²) in [5.74, 6) is 0.419. The first-order chi connectivity index (χ1) is 14.8. The van der Waals surface area contributed by atoms with Gasteiger partial charge in [0.25, 0.3) is 0 Å². The number of nitrogens with zero attached hydrogens (tertiary/aromatic N) is 1. The van der Waals surface area contributed by atoms with E-state index in [-0.39, 0.29) is 24.8 Å². The fourth-order valence-corrected chi connectivity index (χ4v) is 3.54. The maximum atomic E-state index is 13.1. The van der Waals surface area contributed by atoms with Gasteiger partial charge in [0.2, 0.25) is 11.8 Å². The lowest BCUT2D eigenvalue weighted by Gasteiger charge is -2.29. The highest BCUT2D eigenvalue weighted by Gasteiger charge is 2.27. The number of halogens is 2. The van der Waals surface area contributed by atoms with Crippen LogP contribution in [0.1, 0.15) is 44.2 Å². The van der Waals surface area contributed by atoms with Crippen molar-refractivity contribution in [1.82, 2.24) is 10.2 Å². The summed E-state index contributed by atoms with van der Waals surface area (Å²) in [5, 5.41) is 3.79. The van der Waals surface area contributed by atoms with Crippen LogP contribution < -0.4 is 10.1 Å². The Balaban J connectivity index is 2.04. The molecule has 0 heterocycles. The van der Waals surface area contributed by atoms with Gasteiger partial charge in [-0.3, -0.25) is 9.59 Å². The molecule has 168 valence electrons. The molecule has 2 aromatic rings. The molecule has 5 nitrogen and oxygen atoms in total. The molecule has 0 aliphatic carbocycles. The van der Waals surface area contributed by atoms with E-state index in [1.54, 1.807) is 25.1 Å². The van der Waals surface area contributed by atoms with Crippen LogP contribution in [0, 0.1) is 6.92 Å². The predicted molar refractivity (Wildman–Crippen MR) is 126 cm³/mol. The summed E-state index contributed by atoms with van der Waals surface area (Å²) >= 11 is 12.6. The van der Waals surface area contributed by atoms with Crippen molar-refractivity contribution in [3.8, 4) is 5.75 Å². The van der Waals surface area contributed by atoms with E-state index in [0.717, 1.165) is 17.7 Å². The van der Waals surface area contributed by atoms with Crippen molar-refractivity contribution in [2.75, 3.05) is 13.2 Å². The van der Waals surface area contributed by atoms with Crippen molar-refractivity contribution in [2.45, 2.75) is 52.6 Å². The third-order valence-corrected chi connectivity index (χ3v) is 5.64. The number of aryl methyl sites for hydroxylation is 1. The second kappa shape index (κ2) is 12.6. The topological polar surface area (TPSA) is 58.6 Å². The van der Waals surface area contributed by atoms with Gasteiger partial charge in [0.05, 0.1) is 6.61 Å². The van der Waals surface area contributed by atoms with Crippen molar-refractivity contribution < 1.29 is 14.3 Å². The second-order valence-electron chi connectivity index (χ2n) is 7.45. The number of rotatable bonds is 11. The summed E-state index contributed by atoms with van der Waals surface area (Å²) < 4.78 is 5.72. The van der Waals surface area contributed by atoms with Gasteiger partial charge in [-0.25, -0.2) is 0 Å². The molecular weight excluding hydrogens is 435 g/mol. The van der Waals surface area contributed by atoms with E-state index in [0.29, 0.717) is 35.2 Å². The zero-order chi connectivity index (χ0) is 22.8. The van der Waals surface area contributed by atoms with Crippen LogP contribution in [0.3, 0.4) is 0 Å². The zero-order valence-electron chi connectivity index (χ0n) is 18.3. The largest absolute Gasteiger partial charge is 0.494 e. The summed E-state index contributed by atoms with van der Waals surface area (Å²) in [6.45, 7) is 6.84. The van der Waals surface area contributed by atoms with E-state index in [4.69, 9.17) is 27.9 Å². The number of hydrogen-bond acceptors (Lipinski definition) is 3. The number of ether oxygens (including phenoxy) is 1. The monoisotopic (exact) mass is 464 g/mol. The summed E-state index contributed by atoms with van der Waals surface area (Å²) in [6.07, 6.45) is 1.60. The lowest BCUT2D eigenvalue weighted by Crippen LogP contribution is -2.47. The summed E-state index contributed by atoms with van der Waals surface area (Å²) in [5.41, 5.74) is 1.79. The highest BCUT2D eigenvalue weighted by atomic mass is 35.5. The molecule has 0 unspecified atom stereocenters. The van der Waals surface area contributed by atoms with Gasteiger partial charge < -0.3 is 15.0 Å². The highest BCUT2D eigenvalue weighted by Crippen LogP contribution is 2.27. The Kier molecular flexibility index (Phi) is 10.2. The van der Waals surface area contributed by atoms with Gasteiger partial charge >= 0.3 is 0 Å². The quantitative estimate of drug-likeness (QED) is 0.452. The molecule has 0 aliphatic heterocycles. The first kappa shape index (κ1) is 25.0. The Hall–Kier alpha value is -2.24. The molecule has 0 saturated carbocycles. The van der Waals surface area contributed by atoms with E-state index >= 15 is 0 Å². The predicted octanol–water partition coefficient (Wildman–Crippen LogP) is 5.40. The van der Waals surface area contributed by atoms with Crippen molar-refractivity contribution in [3.05, 3.63) is 63.6 Å². The number of benzene rings is 2. The van der Waals surface area contributed by atoms with E-state index in [9.17, 15) is 9.59 Å². The van der Waals surface area contributed by atoms with Crippen LogP contribution in [0.5, 0.6) is 5.75 Å². The Morgan fingerprint density at radius 2 is 1.74 bits per heavy atom. The van der Waals surface area contributed by atoms with E-state index in [1.165, 1.54) is 4.90 Å². The summed E-state index contributed by atoms with van der Waals surface area (Å²) in [4.78, 5) is 27.1. The van der Waals surface area contributed by atoms with E-state index in [1.807, 2.05) is 38.1 Å². The molecule has 0 aliphatic rings. The van der Waals surface area contributed by atoms with Crippen LogP contribution in [-0.4, -0.2) is 35.9 Å². The molecule has 0 bridgehead atoms. The minimum atomic E-state index is -0.649. The number of carbonyl (C=O) groups is 2. The third kappa shape index (κ3) is 7.75. The molecule has 2 rings (SSSR count). The van der Waals surface area contributed by atoms with Gasteiger partial charge in [-0.05, 0) is 51.0 Å². The Bertz CT molecular complexity index is 851. The lowest BCUT2D eigenvalue weighted by molar-refractivity contribution is -0.140. The molecule has 0 radical (unpaired) electrons. The minimum Gasteiger partial charge on any atom is -0.494 e. The second-order valence-corrected chi connectivity index (χ2v) is 8.27. The zero-order valence-corrected chi connectivity index (χ0v) is 19.8. The van der Waals surface area contributed by atoms with Crippen molar-refractivity contribution in [2.24, 2.45) is 0 Å². The summed E-state index contributed by atoms with van der Waals surface area (Å²) in [6, 6.07) is 12.3. The van der Waals surface area contributed by atoms with Gasteiger partial charge in [0.1, 0.15) is 11.8 Å². The van der Waals surface area contributed by atoms with Crippen LogP contribution in [0.2, 0.25) is 10.0 Å². The van der Waals surface area contributed by atoms with Gasteiger partial charge in [0, 0.05) is 35.1 Å². The third-order valence-electron chi connectivity index (χ3n) is 4.93. The van der Waals surface area contributed by atoms with E-state index in [2.05, 4.69) is 5.32 Å². The lowest BCUT2D eigenvalue weighted by atomic mass is 10.1. The molecule has 7 heteroatoms. The smallest absolute Gasteiger partial charge is 0.242 e. The van der Waals surface area contributed by atoms with Gasteiger partial charge in [-0.1, -0.05) is 53.9 Å². The van der Waals surface area contributed by atoms with Crippen LogP contribution in [-0.2, 0) is 16.1 Å². The first-order valence-electron chi connectivity index (χ1n) is 10.5. The van der Waals surface area contributed by atoms with Gasteiger partial charge in [0.15, 0.2) is 0 Å². The normalized spacial score (nSPS) is 11.6. The van der Waals surface area contributed by atoms with Crippen molar-refractivity contribution in [3.63, 3.8) is 0 Å². The number of hydrogen-bond donors (Lipinski definition) is 1. The van der Waals surface area contributed by atoms with Crippen LogP contribution in [0.25, 0.3) is 0 Å². The SMILES string of the molecule is CCCNC(=O)[C@@H](C)N(Cc1c(Cl)cccc1Cl)C(=O)CCCOc1ccc(C)cc1. The molecule has 2 amide bonds. The molecule has 31 heavy (non-hydrogen) atoms. The van der Waals surface area contributed by atoms with Gasteiger partial charge in [-0.15, -0.1) is 0 Å². The molecule has 0 saturated heterocycles. The highest BCUT2D eigenvalue weighted by molar-refractivity contribution is 6.36. The molecule has 1 atom stereocenters. The standard InChI is InChI=1S/C24H30Cl2N2O3/c1-4-14-27-24(30)18(3)28(16-20-21(25)7-5-8-22(20)26)23(29)9-6-15-31-19-12-10-17(2)11-13-19/h5,7-8,10-13,18H,4,6,9,14-16H2,1-3H3,(H,27,30)/t18-/m1/s1. The fraction of sp³-hybridized carbons (Fsp3) is 0.417. The molecule has 0 aromatic heterocycles. The van der Waals surface area contributed by atoms with Gasteiger partial charge in [-0.2, -0.15) is 0 Å². The minimum absolute atomic E-state index is 0.150. The molecular formula is C24H30Cl2N2O3. The fourth-order valence-electron chi connectivity index (χ4n) is 3.02. The Morgan fingerprint density at radius 1 is 1.10 bits per heavy atom. The van der Waals surface area contributed by atoms with Crippen molar-refractivity contribution in [1.29, 1.82) is 0 Å². The molecule has 2 aromatic carbocycles. The van der Waals surface area contributed by atoms with Crippen molar-refractivity contribution >= 4 is 35.0 Å².